The Bertz CT molecular complexity index is 2930. The summed E-state index contributed by atoms with van der Waals surface area (Å²) < 4.78 is 0. The van der Waals surface area contributed by atoms with Gasteiger partial charge in [-0.3, -0.25) is 0 Å². The Balaban J connectivity index is 0.0000348. The number of aliphatic hydroxyl groups excluding tert-OH is 8. The summed E-state index contributed by atoms with van der Waals surface area (Å²) in [5.41, 5.74) is 2.81. The molecule has 5 heterocycles. The summed E-state index contributed by atoms with van der Waals surface area (Å²) in [5.74, 6) is 10.3. The van der Waals surface area contributed by atoms with Gasteiger partial charge in [-0.25, -0.2) is 9.97 Å². The number of nitrogens with zero attached hydrogens (tertiary/aromatic N) is 8. The van der Waals surface area contributed by atoms with Gasteiger partial charge in [0.1, 0.15) is 0 Å². The van der Waals surface area contributed by atoms with Gasteiger partial charge in [0.05, 0.1) is 42.9 Å². The molecule has 0 spiro atoms. The molecule has 0 atom stereocenters. The predicted molar refractivity (Wildman–Crippen MR) is 571 cm³/mol. The van der Waals surface area contributed by atoms with Gasteiger partial charge in [0.25, 0.3) is 0 Å². The van der Waals surface area contributed by atoms with Gasteiger partial charge in [-0.2, -0.15) is 0 Å². The topological polar surface area (TPSA) is 267 Å². The van der Waals surface area contributed by atoms with Crippen molar-refractivity contribution in [1.82, 2.24) is 39.9 Å². The van der Waals surface area contributed by atoms with Crippen LogP contribution in [0.15, 0.2) is 19.6 Å². The largest absolute Gasteiger partial charge is 2.00 e. The molecule has 0 radical (unpaired) electrons. The number of aromatic nitrogens is 8. The standard InChI is InChI=1S/C104H184N8O8S8.Mg/c113-73-57-41-25-9-1-17-33-49-65-81-121-89-90(122-82-66-50-34-18-2-10-26-42-58-74-114)98-105-97(89)109-99-91(123-83-67-51-35-19-3-11-27-43-59-75-115)92(124-84-68-52-36-20-4-12-28-44-60-76-116)101(106-99)111-103-95(127-87-71-55-39-23-7-15-31-47-63-79-119)96(128-88-72-56-40-24-8-16-32-48-64-80-120)104(108-103)112-102-94(126-86-70-54-38-22-6-14-30-46-62-78-118)93(100(107-102)110-98)125-85-69-53-37-21-5-13-29-45-61-77-117;/h113-120H,1-88H2;/q-2;+2. The van der Waals surface area contributed by atoms with E-state index in [1.807, 2.05) is 94.1 Å². The quantitative estimate of drug-likeness (QED) is 0.0148. The molecule has 25 heteroatoms. The van der Waals surface area contributed by atoms with Crippen LogP contribution in [0.2, 0.25) is 0 Å². The molecule has 129 heavy (non-hydrogen) atoms. The normalized spacial score (nSPS) is 12.4. The van der Waals surface area contributed by atoms with Crippen LogP contribution in [0.3, 0.4) is 0 Å². The number of aliphatic hydroxyl groups is 8. The zero-order chi connectivity index (χ0) is 90.8. The van der Waals surface area contributed by atoms with Crippen molar-refractivity contribution in [3.63, 3.8) is 0 Å². The first-order chi connectivity index (χ1) is 63.5. The van der Waals surface area contributed by atoms with Crippen molar-refractivity contribution in [2.45, 2.75) is 482 Å². The molecule has 5 rings (SSSR count). The number of unbranched alkanes of at least 4 members (excludes halogenated alkanes) is 64. The van der Waals surface area contributed by atoms with Crippen LogP contribution in [0.5, 0.6) is 0 Å². The number of hydrogen-bond donors (Lipinski definition) is 8. The minimum Gasteiger partial charge on any atom is -0.396 e. The number of fused-ring (bicyclic) bond motifs is 8. The second-order valence-electron chi connectivity index (χ2n) is 36.1. The molecule has 2 aliphatic heterocycles. The maximum atomic E-state index is 9.46. The first-order valence-corrected chi connectivity index (χ1v) is 60.9. The Morgan fingerprint density at radius 3 is 0.372 bits per heavy atom. The van der Waals surface area contributed by atoms with E-state index >= 15 is 0 Å². The smallest absolute Gasteiger partial charge is 0.396 e. The van der Waals surface area contributed by atoms with Crippen molar-refractivity contribution in [1.29, 1.82) is 0 Å². The van der Waals surface area contributed by atoms with E-state index in [9.17, 15) is 40.9 Å². The third-order valence-electron chi connectivity index (χ3n) is 24.5. The Kier molecular flexibility index (Phi) is 83.3. The minimum atomic E-state index is 0. The zero-order valence-corrected chi connectivity index (χ0v) is 89.3. The number of hydrogen-bond acceptors (Lipinski definition) is 22. The Labute approximate surface area is 836 Å². The number of thioether (sulfide) groups is 8. The first kappa shape index (κ1) is 121. The summed E-state index contributed by atoms with van der Waals surface area (Å²) in [5, 5.41) is 75.7. The summed E-state index contributed by atoms with van der Waals surface area (Å²) in [6.45, 7) is 2.27. The van der Waals surface area contributed by atoms with E-state index in [-0.39, 0.29) is 75.9 Å². The Hall–Kier alpha value is -0.434. The second kappa shape index (κ2) is 89.0. The van der Waals surface area contributed by atoms with Crippen molar-refractivity contribution >= 4 is 159 Å². The molecule has 0 saturated carbocycles. The molecule has 3 aromatic heterocycles. The molecular weight excluding hydrogens is 1770 g/mol. The summed E-state index contributed by atoms with van der Waals surface area (Å²) in [7, 11) is 0. The molecular formula is C104H184MgN8O8S8. The van der Waals surface area contributed by atoms with Crippen LogP contribution in [0.4, 0.5) is 0 Å². The monoisotopic (exact) mass is 1950 g/mol. The maximum Gasteiger partial charge on any atom is 2.00 e. The molecule has 0 amide bonds. The van der Waals surface area contributed by atoms with Crippen molar-refractivity contribution in [2.75, 3.05) is 98.9 Å². The van der Waals surface area contributed by atoms with Gasteiger partial charge < -0.3 is 70.8 Å². The summed E-state index contributed by atoms with van der Waals surface area (Å²) in [4.78, 5) is 55.9. The maximum absolute atomic E-state index is 9.46. The minimum absolute atomic E-state index is 0. The van der Waals surface area contributed by atoms with Crippen LogP contribution >= 0.6 is 94.1 Å². The van der Waals surface area contributed by atoms with E-state index in [1.54, 1.807) is 0 Å². The fourth-order valence-corrected chi connectivity index (χ4v) is 26.0. The van der Waals surface area contributed by atoms with Crippen molar-refractivity contribution < 1.29 is 40.9 Å². The fraction of sp³-hybridized carbons (Fsp3) is 0.846. The summed E-state index contributed by atoms with van der Waals surface area (Å²) in [6, 6.07) is 0. The molecule has 0 aliphatic carbocycles. The van der Waals surface area contributed by atoms with Crippen LogP contribution in [0.25, 0.3) is 42.2 Å². The van der Waals surface area contributed by atoms with E-state index in [0.29, 0.717) is 45.9 Å². The summed E-state index contributed by atoms with van der Waals surface area (Å²) in [6.07, 6.45) is 83.0. The van der Waals surface area contributed by atoms with Crippen LogP contribution < -0.4 is 9.97 Å². The molecule has 3 aromatic rings. The molecule has 0 fully saturated rings. The van der Waals surface area contributed by atoms with Crippen molar-refractivity contribution in [3.05, 3.63) is 23.3 Å². The number of rotatable bonds is 96. The van der Waals surface area contributed by atoms with E-state index in [4.69, 9.17) is 39.9 Å². The van der Waals surface area contributed by atoms with Gasteiger partial charge in [0.15, 0.2) is 0 Å². The first-order valence-electron chi connectivity index (χ1n) is 53.0. The van der Waals surface area contributed by atoms with Crippen molar-refractivity contribution in [2.24, 2.45) is 0 Å². The van der Waals surface area contributed by atoms with Crippen LogP contribution in [0, 0.1) is 0 Å². The summed E-state index contributed by atoms with van der Waals surface area (Å²) >= 11 is 15.4. The molecule has 0 unspecified atom stereocenters. The van der Waals surface area contributed by atoms with Gasteiger partial charge in [0.2, 0.25) is 0 Å². The van der Waals surface area contributed by atoms with Gasteiger partial charge in [0, 0.05) is 95.0 Å². The molecule has 8 bridgehead atoms. The van der Waals surface area contributed by atoms with Crippen LogP contribution in [-0.2, 0) is 0 Å². The van der Waals surface area contributed by atoms with E-state index < -0.39 is 0 Å². The van der Waals surface area contributed by atoms with Gasteiger partial charge in [-0.15, -0.1) is 94.1 Å². The Morgan fingerprint density at radius 2 is 0.248 bits per heavy atom. The molecule has 0 saturated heterocycles. The van der Waals surface area contributed by atoms with Gasteiger partial charge >= 0.3 is 23.1 Å². The van der Waals surface area contributed by atoms with Gasteiger partial charge in [-0.1, -0.05) is 360 Å². The van der Waals surface area contributed by atoms with Crippen LogP contribution in [-0.4, -0.2) is 193 Å². The average Bonchev–Trinajstić information content (AvgIpc) is 1.61. The van der Waals surface area contributed by atoms with Gasteiger partial charge in [-0.05, 0) is 149 Å². The molecule has 0 aromatic carbocycles. The van der Waals surface area contributed by atoms with Crippen LogP contribution in [0.1, 0.15) is 486 Å². The average molecular weight is 1960 g/mol. The van der Waals surface area contributed by atoms with E-state index in [0.717, 1.165) is 239 Å². The zero-order valence-electron chi connectivity index (χ0n) is 81.4. The molecule has 16 nitrogen and oxygen atoms in total. The fourth-order valence-electron chi connectivity index (χ4n) is 16.7. The second-order valence-corrected chi connectivity index (χ2v) is 45.0. The van der Waals surface area contributed by atoms with E-state index in [1.165, 1.54) is 308 Å². The predicted octanol–water partition coefficient (Wildman–Crippen LogP) is 29.8. The van der Waals surface area contributed by atoms with Crippen molar-refractivity contribution in [3.8, 4) is 0 Å². The molecule has 8 N–H and O–H groups in total. The Morgan fingerprint density at radius 1 is 0.140 bits per heavy atom. The SMILES string of the molecule is OCCCCCCCCCCCSC1=C(SCCCCCCCCCCCO)c2nc1nc1[n-]c(nc3nc(nc4[n-]c(n2)c(SCCCCCCCCCCCO)c4SCCCCCCCCCCCO)C(SCCCCCCCCCCCO)=C3SCCCCCCCCCCCO)c(SCCCCCCCCCCCO)c1SCCCCCCCCCCCO.[Mg+2]. The third-order valence-corrected chi connectivity index (χ3v) is 34.4. The third kappa shape index (κ3) is 59.7. The molecule has 2 aliphatic rings. The molecule has 738 valence electrons. The van der Waals surface area contributed by atoms with E-state index in [2.05, 4.69) is 0 Å².